The molecule has 1 amide bonds. The van der Waals surface area contributed by atoms with E-state index in [9.17, 15) is 14.4 Å². The summed E-state index contributed by atoms with van der Waals surface area (Å²) < 4.78 is 1.34. The van der Waals surface area contributed by atoms with Crippen molar-refractivity contribution in [1.29, 1.82) is 0 Å². The van der Waals surface area contributed by atoms with Crippen LogP contribution in [0.5, 0.6) is 0 Å². The van der Waals surface area contributed by atoms with Crippen LogP contribution in [0.25, 0.3) is 10.9 Å². The van der Waals surface area contributed by atoms with E-state index >= 15 is 0 Å². The average Bonchev–Trinajstić information content (AvgIpc) is 3.66. The number of nitrogens with zero attached hydrogens (tertiary/aromatic N) is 4. The van der Waals surface area contributed by atoms with Gasteiger partial charge in [-0.1, -0.05) is 6.07 Å². The largest absolute Gasteiger partial charge is 0.368 e. The fraction of sp³-hybridized carbons (Fsp3) is 0.440. The Hall–Kier alpha value is -3.46. The number of hydrogen-bond donors (Lipinski definition) is 2. The fourth-order valence-electron chi connectivity index (χ4n) is 4.67. The number of rotatable bonds is 6. The van der Waals surface area contributed by atoms with Crippen LogP contribution in [0.3, 0.4) is 0 Å². The minimum atomic E-state index is -0.318. The molecule has 1 aromatic carbocycles. The standard InChI is InChI=1S/C25H30N6O3/c1-16-22(8-7-20(27-16)23(32)26-2)30-11-9-29(10-12-30)14-18-5-6-19-21(13-18)28-25(34)31(24(19)33)15-17-3-4-17/h5-8,13,17H,3-4,9-12,14-15H2,1-2H3,(H,26,32)(H,28,34). The van der Waals surface area contributed by atoms with E-state index in [2.05, 4.69) is 25.1 Å². The number of anilines is 1. The van der Waals surface area contributed by atoms with Gasteiger partial charge in [0.15, 0.2) is 0 Å². The lowest BCUT2D eigenvalue weighted by Gasteiger charge is -2.36. The number of benzene rings is 1. The van der Waals surface area contributed by atoms with Crippen molar-refractivity contribution < 1.29 is 4.79 Å². The van der Waals surface area contributed by atoms with Gasteiger partial charge in [0.1, 0.15) is 5.69 Å². The van der Waals surface area contributed by atoms with Crippen molar-refractivity contribution in [2.45, 2.75) is 32.9 Å². The third-order valence-corrected chi connectivity index (χ3v) is 6.82. The molecule has 1 aliphatic carbocycles. The van der Waals surface area contributed by atoms with Crippen LogP contribution in [0.4, 0.5) is 5.69 Å². The lowest BCUT2D eigenvalue weighted by molar-refractivity contribution is 0.0958. The molecule has 2 aromatic heterocycles. The number of pyridine rings is 1. The van der Waals surface area contributed by atoms with Crippen LogP contribution in [-0.4, -0.2) is 58.6 Å². The predicted octanol–water partition coefficient (Wildman–Crippen LogP) is 1.49. The van der Waals surface area contributed by atoms with Gasteiger partial charge in [-0.2, -0.15) is 0 Å². The highest BCUT2D eigenvalue weighted by Crippen LogP contribution is 2.29. The summed E-state index contributed by atoms with van der Waals surface area (Å²) in [5.74, 6) is 0.278. The highest BCUT2D eigenvalue weighted by atomic mass is 16.2. The number of H-pyrrole nitrogens is 1. The first-order chi connectivity index (χ1) is 16.4. The van der Waals surface area contributed by atoms with Gasteiger partial charge in [-0.3, -0.25) is 19.1 Å². The number of aryl methyl sites for hydroxylation is 1. The Morgan fingerprint density at radius 3 is 2.56 bits per heavy atom. The van der Waals surface area contributed by atoms with Crippen LogP contribution in [-0.2, 0) is 13.1 Å². The van der Waals surface area contributed by atoms with Gasteiger partial charge in [-0.05, 0) is 55.5 Å². The Labute approximate surface area is 197 Å². The van der Waals surface area contributed by atoms with Crippen LogP contribution < -0.4 is 21.5 Å². The number of carbonyl (C=O) groups excluding carboxylic acids is 1. The molecule has 1 saturated heterocycles. The summed E-state index contributed by atoms with van der Waals surface area (Å²) in [6.07, 6.45) is 2.18. The van der Waals surface area contributed by atoms with Gasteiger partial charge in [-0.15, -0.1) is 0 Å². The van der Waals surface area contributed by atoms with Gasteiger partial charge < -0.3 is 15.2 Å². The van der Waals surface area contributed by atoms with Crippen molar-refractivity contribution in [2.75, 3.05) is 38.1 Å². The number of hydrogen-bond acceptors (Lipinski definition) is 6. The molecule has 0 radical (unpaired) electrons. The molecule has 34 heavy (non-hydrogen) atoms. The molecule has 3 aromatic rings. The monoisotopic (exact) mass is 462 g/mol. The van der Waals surface area contributed by atoms with E-state index in [4.69, 9.17) is 0 Å². The summed E-state index contributed by atoms with van der Waals surface area (Å²) in [7, 11) is 1.60. The molecule has 2 N–H and O–H groups in total. The molecule has 0 spiro atoms. The van der Waals surface area contributed by atoms with Crippen LogP contribution in [0.1, 0.15) is 34.6 Å². The second kappa shape index (κ2) is 9.06. The molecular formula is C25H30N6O3. The van der Waals surface area contributed by atoms with E-state index in [1.54, 1.807) is 13.1 Å². The maximum absolute atomic E-state index is 12.8. The molecule has 9 nitrogen and oxygen atoms in total. The van der Waals surface area contributed by atoms with Crippen molar-refractivity contribution in [3.05, 3.63) is 68.1 Å². The Morgan fingerprint density at radius 1 is 1.12 bits per heavy atom. The summed E-state index contributed by atoms with van der Waals surface area (Å²) >= 11 is 0. The minimum Gasteiger partial charge on any atom is -0.368 e. The molecular weight excluding hydrogens is 432 g/mol. The lowest BCUT2D eigenvalue weighted by atomic mass is 10.1. The lowest BCUT2D eigenvalue weighted by Crippen LogP contribution is -2.46. The SMILES string of the molecule is CNC(=O)c1ccc(N2CCN(Cc3ccc4c(=O)n(CC5CC5)c(=O)[nH]c4c3)CC2)c(C)n1. The first-order valence-electron chi connectivity index (χ1n) is 11.9. The van der Waals surface area contributed by atoms with Crippen LogP contribution in [0.2, 0.25) is 0 Å². The molecule has 1 aliphatic heterocycles. The predicted molar refractivity (Wildman–Crippen MR) is 131 cm³/mol. The zero-order valence-corrected chi connectivity index (χ0v) is 19.6. The summed E-state index contributed by atoms with van der Waals surface area (Å²) in [4.78, 5) is 49.1. The summed E-state index contributed by atoms with van der Waals surface area (Å²) in [6.45, 7) is 6.69. The Morgan fingerprint density at radius 2 is 1.88 bits per heavy atom. The Kier molecular flexibility index (Phi) is 5.95. The highest BCUT2D eigenvalue weighted by Gasteiger charge is 2.24. The summed E-state index contributed by atoms with van der Waals surface area (Å²) in [5, 5.41) is 3.17. The number of fused-ring (bicyclic) bond motifs is 1. The van der Waals surface area contributed by atoms with E-state index in [-0.39, 0.29) is 17.2 Å². The number of amides is 1. The molecule has 2 fully saturated rings. The molecule has 0 unspecified atom stereocenters. The third kappa shape index (κ3) is 4.48. The second-order valence-electron chi connectivity index (χ2n) is 9.31. The molecule has 1 saturated carbocycles. The number of aromatic nitrogens is 3. The average molecular weight is 463 g/mol. The molecule has 3 heterocycles. The van der Waals surface area contributed by atoms with Crippen LogP contribution >= 0.6 is 0 Å². The quantitative estimate of drug-likeness (QED) is 0.575. The molecule has 0 atom stereocenters. The van der Waals surface area contributed by atoms with E-state index in [0.717, 1.165) is 62.5 Å². The molecule has 9 heteroatoms. The first kappa shape index (κ1) is 22.3. The van der Waals surface area contributed by atoms with E-state index in [1.807, 2.05) is 31.2 Å². The topological polar surface area (TPSA) is 103 Å². The Balaban J connectivity index is 1.25. The minimum absolute atomic E-state index is 0.182. The Bertz CT molecular complexity index is 1350. The van der Waals surface area contributed by atoms with Crippen LogP contribution in [0, 0.1) is 12.8 Å². The highest BCUT2D eigenvalue weighted by molar-refractivity contribution is 5.92. The molecule has 2 aliphatic rings. The zero-order valence-electron chi connectivity index (χ0n) is 19.6. The normalized spacial score (nSPS) is 16.7. The van der Waals surface area contributed by atoms with Gasteiger partial charge in [-0.25, -0.2) is 9.78 Å². The van der Waals surface area contributed by atoms with E-state index < -0.39 is 0 Å². The van der Waals surface area contributed by atoms with Gasteiger partial charge in [0.05, 0.1) is 22.3 Å². The third-order valence-electron chi connectivity index (χ3n) is 6.82. The number of piperazine rings is 1. The molecule has 178 valence electrons. The van der Waals surface area contributed by atoms with Gasteiger partial charge in [0.2, 0.25) is 0 Å². The molecule has 0 bridgehead atoms. The first-order valence-corrected chi connectivity index (χ1v) is 11.9. The van der Waals surface area contributed by atoms with Gasteiger partial charge >= 0.3 is 5.69 Å². The summed E-state index contributed by atoms with van der Waals surface area (Å²) in [6, 6.07) is 9.49. The summed E-state index contributed by atoms with van der Waals surface area (Å²) in [5.41, 5.74) is 3.49. The van der Waals surface area contributed by atoms with Crippen molar-refractivity contribution in [1.82, 2.24) is 24.8 Å². The van der Waals surface area contributed by atoms with Crippen molar-refractivity contribution >= 4 is 22.5 Å². The van der Waals surface area contributed by atoms with Crippen molar-refractivity contribution in [3.8, 4) is 0 Å². The van der Waals surface area contributed by atoms with Crippen LogP contribution in [0.15, 0.2) is 39.9 Å². The van der Waals surface area contributed by atoms with Crippen molar-refractivity contribution in [3.63, 3.8) is 0 Å². The van der Waals surface area contributed by atoms with E-state index in [0.29, 0.717) is 29.1 Å². The number of aromatic amines is 1. The molecule has 5 rings (SSSR count). The zero-order chi connectivity index (χ0) is 23.8. The van der Waals surface area contributed by atoms with E-state index in [1.165, 1.54) is 4.57 Å². The maximum atomic E-state index is 12.8. The number of nitrogens with one attached hydrogen (secondary N) is 2. The van der Waals surface area contributed by atoms with Gasteiger partial charge in [0, 0.05) is 46.3 Å². The maximum Gasteiger partial charge on any atom is 0.328 e. The number of carbonyl (C=O) groups is 1. The van der Waals surface area contributed by atoms with Crippen molar-refractivity contribution in [2.24, 2.45) is 5.92 Å². The smallest absolute Gasteiger partial charge is 0.328 e. The van der Waals surface area contributed by atoms with Gasteiger partial charge in [0.25, 0.3) is 11.5 Å². The second-order valence-corrected chi connectivity index (χ2v) is 9.31. The fourth-order valence-corrected chi connectivity index (χ4v) is 4.67.